The Hall–Kier alpha value is -1.60. The molecule has 1 aromatic rings. The van der Waals surface area contributed by atoms with Gasteiger partial charge in [0.2, 0.25) is 10.0 Å². The fourth-order valence-corrected chi connectivity index (χ4v) is 3.02. The highest BCUT2D eigenvalue weighted by atomic mass is 32.2. The lowest BCUT2D eigenvalue weighted by atomic mass is 10.2. The van der Waals surface area contributed by atoms with Gasteiger partial charge < -0.3 is 10.5 Å². The number of carbonyl (C=O) groups excluding carboxylic acids is 1. The zero-order chi connectivity index (χ0) is 14.5. The van der Waals surface area contributed by atoms with Gasteiger partial charge in [-0.3, -0.25) is 4.79 Å². The van der Waals surface area contributed by atoms with Crippen molar-refractivity contribution in [2.75, 3.05) is 18.9 Å². The highest BCUT2D eigenvalue weighted by Gasteiger charge is 2.19. The van der Waals surface area contributed by atoms with Gasteiger partial charge in [-0.2, -0.15) is 0 Å². The second kappa shape index (κ2) is 6.53. The zero-order valence-electron chi connectivity index (χ0n) is 11.0. The van der Waals surface area contributed by atoms with Crippen LogP contribution in [0.25, 0.3) is 0 Å². The third-order valence-electron chi connectivity index (χ3n) is 2.44. The lowest BCUT2D eigenvalue weighted by molar-refractivity contribution is -0.142. The number of rotatable bonds is 6. The van der Waals surface area contributed by atoms with Crippen molar-refractivity contribution in [3.63, 3.8) is 0 Å². The molecule has 0 aliphatic heterocycles. The smallest absolute Gasteiger partial charge is 0.307 e. The minimum Gasteiger partial charge on any atom is -0.466 e. The summed E-state index contributed by atoms with van der Waals surface area (Å²) in [7, 11) is -3.72. The second-order valence-electron chi connectivity index (χ2n) is 3.95. The Morgan fingerprint density at radius 3 is 2.68 bits per heavy atom. The molecule has 0 saturated heterocycles. The van der Waals surface area contributed by atoms with Gasteiger partial charge in [-0.05, 0) is 25.5 Å². The molecule has 0 aliphatic carbocycles. The zero-order valence-corrected chi connectivity index (χ0v) is 11.8. The first-order valence-electron chi connectivity index (χ1n) is 5.89. The molecule has 0 aliphatic rings. The van der Waals surface area contributed by atoms with Gasteiger partial charge in [-0.25, -0.2) is 13.1 Å². The summed E-state index contributed by atoms with van der Waals surface area (Å²) in [5.74, 6) is -0.442. The van der Waals surface area contributed by atoms with E-state index in [9.17, 15) is 13.2 Å². The highest BCUT2D eigenvalue weighted by Crippen LogP contribution is 2.21. The molecule has 19 heavy (non-hydrogen) atoms. The fraction of sp³-hybridized carbons (Fsp3) is 0.417. The summed E-state index contributed by atoms with van der Waals surface area (Å²) in [5, 5.41) is 0. The number of nitrogen functional groups attached to an aromatic ring is 1. The molecule has 0 heterocycles. The first kappa shape index (κ1) is 15.5. The summed E-state index contributed by atoms with van der Waals surface area (Å²) in [4.78, 5) is 11.2. The van der Waals surface area contributed by atoms with Crippen LogP contribution < -0.4 is 10.5 Å². The summed E-state index contributed by atoms with van der Waals surface area (Å²) in [6, 6.07) is 4.87. The number of sulfonamides is 1. The van der Waals surface area contributed by atoms with Gasteiger partial charge >= 0.3 is 5.97 Å². The first-order valence-corrected chi connectivity index (χ1v) is 7.37. The molecule has 0 bridgehead atoms. The number of anilines is 1. The molecule has 7 heteroatoms. The number of ether oxygens (including phenoxy) is 1. The molecule has 1 aromatic carbocycles. The van der Waals surface area contributed by atoms with E-state index in [1.807, 2.05) is 0 Å². The maximum atomic E-state index is 12.1. The van der Waals surface area contributed by atoms with Crippen molar-refractivity contribution < 1.29 is 17.9 Å². The van der Waals surface area contributed by atoms with Crippen molar-refractivity contribution >= 4 is 21.7 Å². The number of hydrogen-bond donors (Lipinski definition) is 2. The van der Waals surface area contributed by atoms with Crippen molar-refractivity contribution in [2.45, 2.75) is 25.2 Å². The van der Waals surface area contributed by atoms with Gasteiger partial charge in [-0.15, -0.1) is 0 Å². The van der Waals surface area contributed by atoms with E-state index in [1.165, 1.54) is 6.07 Å². The predicted molar refractivity (Wildman–Crippen MR) is 72.0 cm³/mol. The van der Waals surface area contributed by atoms with Crippen LogP contribution in [0.4, 0.5) is 5.69 Å². The number of hydrogen-bond acceptors (Lipinski definition) is 5. The summed E-state index contributed by atoms with van der Waals surface area (Å²) in [5.41, 5.74) is 6.42. The average molecular weight is 286 g/mol. The van der Waals surface area contributed by atoms with Crippen LogP contribution in [0.1, 0.15) is 18.9 Å². The average Bonchev–Trinajstić information content (AvgIpc) is 2.28. The van der Waals surface area contributed by atoms with Crippen LogP contribution in [0.5, 0.6) is 0 Å². The molecule has 0 aromatic heterocycles. The van der Waals surface area contributed by atoms with Gasteiger partial charge in [0, 0.05) is 6.54 Å². The molecular weight excluding hydrogens is 268 g/mol. The molecule has 0 fully saturated rings. The molecule has 6 nitrogen and oxygen atoms in total. The van der Waals surface area contributed by atoms with E-state index in [2.05, 4.69) is 4.72 Å². The summed E-state index contributed by atoms with van der Waals surface area (Å²) in [6.45, 7) is 3.61. The highest BCUT2D eigenvalue weighted by molar-refractivity contribution is 7.89. The van der Waals surface area contributed by atoms with Crippen LogP contribution in [0, 0.1) is 6.92 Å². The van der Waals surface area contributed by atoms with Crippen LogP contribution in [-0.2, 0) is 19.6 Å². The van der Waals surface area contributed by atoms with E-state index in [-0.39, 0.29) is 30.2 Å². The topological polar surface area (TPSA) is 98.5 Å². The second-order valence-corrected chi connectivity index (χ2v) is 5.65. The number of aryl methyl sites for hydroxylation is 1. The molecule has 0 spiro atoms. The number of benzene rings is 1. The van der Waals surface area contributed by atoms with E-state index < -0.39 is 16.0 Å². The van der Waals surface area contributed by atoms with Crippen LogP contribution in [0.15, 0.2) is 23.1 Å². The predicted octanol–water partition coefficient (Wildman–Crippen LogP) is 0.809. The van der Waals surface area contributed by atoms with Gasteiger partial charge in [0.15, 0.2) is 0 Å². The van der Waals surface area contributed by atoms with Crippen LogP contribution in [0.2, 0.25) is 0 Å². The molecule has 1 rings (SSSR count). The Morgan fingerprint density at radius 2 is 2.11 bits per heavy atom. The molecule has 0 unspecified atom stereocenters. The third-order valence-corrected chi connectivity index (χ3v) is 4.12. The first-order chi connectivity index (χ1) is 8.88. The van der Waals surface area contributed by atoms with Gasteiger partial charge in [0.05, 0.1) is 18.7 Å². The lowest BCUT2D eigenvalue weighted by Crippen LogP contribution is -2.28. The molecule has 0 radical (unpaired) electrons. The standard InChI is InChI=1S/C12H18N2O4S/c1-3-18-11(15)7-8-14-19(16,17)12-9(2)5-4-6-10(12)13/h4-6,14H,3,7-8,13H2,1-2H3. The SMILES string of the molecule is CCOC(=O)CCNS(=O)(=O)c1c(C)cccc1N. The van der Waals surface area contributed by atoms with Crippen molar-refractivity contribution in [3.05, 3.63) is 23.8 Å². The van der Waals surface area contributed by atoms with E-state index in [0.29, 0.717) is 5.56 Å². The third kappa shape index (κ3) is 4.22. The van der Waals surface area contributed by atoms with E-state index in [1.54, 1.807) is 26.0 Å². The molecule has 0 saturated carbocycles. The Bertz CT molecular complexity index is 535. The molecule has 0 atom stereocenters. The molecule has 3 N–H and O–H groups in total. The maximum absolute atomic E-state index is 12.1. The monoisotopic (exact) mass is 286 g/mol. The van der Waals surface area contributed by atoms with Crippen LogP contribution in [-0.4, -0.2) is 27.5 Å². The Kier molecular flexibility index (Phi) is 5.31. The van der Waals surface area contributed by atoms with Crippen molar-refractivity contribution in [2.24, 2.45) is 0 Å². The molecule has 106 valence electrons. The van der Waals surface area contributed by atoms with Crippen LogP contribution in [0.3, 0.4) is 0 Å². The van der Waals surface area contributed by atoms with Crippen molar-refractivity contribution in [1.29, 1.82) is 0 Å². The number of nitrogens with two attached hydrogens (primary N) is 1. The van der Waals surface area contributed by atoms with Gasteiger partial charge in [0.25, 0.3) is 0 Å². The van der Waals surface area contributed by atoms with E-state index in [0.717, 1.165) is 0 Å². The normalized spacial score (nSPS) is 11.3. The molecule has 0 amide bonds. The van der Waals surface area contributed by atoms with Crippen molar-refractivity contribution in [1.82, 2.24) is 4.72 Å². The summed E-state index contributed by atoms with van der Waals surface area (Å²) < 4.78 is 31.2. The van der Waals surface area contributed by atoms with Crippen molar-refractivity contribution in [3.8, 4) is 0 Å². The van der Waals surface area contributed by atoms with Gasteiger partial charge in [-0.1, -0.05) is 12.1 Å². The quantitative estimate of drug-likeness (QED) is 0.595. The largest absolute Gasteiger partial charge is 0.466 e. The van der Waals surface area contributed by atoms with Gasteiger partial charge in [0.1, 0.15) is 4.90 Å². The number of esters is 1. The van der Waals surface area contributed by atoms with E-state index >= 15 is 0 Å². The maximum Gasteiger partial charge on any atom is 0.307 e. The number of nitrogens with one attached hydrogen (secondary N) is 1. The Labute approximate surface area is 113 Å². The fourth-order valence-electron chi connectivity index (χ4n) is 1.64. The van der Waals surface area contributed by atoms with E-state index in [4.69, 9.17) is 10.5 Å². The minimum absolute atomic E-state index is 0.0150. The Morgan fingerprint density at radius 1 is 1.42 bits per heavy atom. The lowest BCUT2D eigenvalue weighted by Gasteiger charge is -2.11. The van der Waals surface area contributed by atoms with Crippen LogP contribution >= 0.6 is 0 Å². The Balaban J connectivity index is 2.74. The minimum atomic E-state index is -3.72. The number of carbonyl (C=O) groups is 1. The summed E-state index contributed by atoms with van der Waals surface area (Å²) >= 11 is 0. The molecular formula is C12H18N2O4S. The summed E-state index contributed by atoms with van der Waals surface area (Å²) in [6.07, 6.45) is -0.0150.